The first-order valence-corrected chi connectivity index (χ1v) is 7.54. The summed E-state index contributed by atoms with van der Waals surface area (Å²) >= 11 is 0. The lowest BCUT2D eigenvalue weighted by Gasteiger charge is -2.25. The van der Waals surface area contributed by atoms with Gasteiger partial charge < -0.3 is 15.8 Å². The summed E-state index contributed by atoms with van der Waals surface area (Å²) in [5.41, 5.74) is 9.36. The largest absolute Gasteiger partial charge is 0.409 e. The van der Waals surface area contributed by atoms with Crippen LogP contribution in [0, 0.1) is 19.3 Å². The molecular formula is C17H29N3O. The Hall–Kier alpha value is -1.71. The number of nitrogens with zero attached hydrogens (tertiary/aromatic N) is 2. The zero-order chi connectivity index (χ0) is 16.0. The van der Waals surface area contributed by atoms with Crippen molar-refractivity contribution in [3.63, 3.8) is 0 Å². The van der Waals surface area contributed by atoms with Gasteiger partial charge in [0.15, 0.2) is 0 Å². The number of hydrogen-bond donors (Lipinski definition) is 2. The van der Waals surface area contributed by atoms with E-state index >= 15 is 0 Å². The summed E-state index contributed by atoms with van der Waals surface area (Å²) in [5.74, 6) is 0.310. The number of amidine groups is 1. The summed E-state index contributed by atoms with van der Waals surface area (Å²) in [5, 5.41) is 11.9. The van der Waals surface area contributed by atoms with Crippen molar-refractivity contribution in [3.05, 3.63) is 29.3 Å². The van der Waals surface area contributed by atoms with Gasteiger partial charge in [0.05, 0.1) is 0 Å². The van der Waals surface area contributed by atoms with Gasteiger partial charge in [-0.2, -0.15) is 0 Å². The maximum Gasteiger partial charge on any atom is 0.144 e. The Bertz CT molecular complexity index is 495. The van der Waals surface area contributed by atoms with Crippen LogP contribution < -0.4 is 10.6 Å². The molecule has 0 unspecified atom stereocenters. The first-order chi connectivity index (χ1) is 9.77. The summed E-state index contributed by atoms with van der Waals surface area (Å²) in [6, 6.07) is 6.55. The Morgan fingerprint density at radius 1 is 1.29 bits per heavy atom. The second-order valence-electron chi connectivity index (χ2n) is 6.54. The van der Waals surface area contributed by atoms with Gasteiger partial charge in [0.2, 0.25) is 0 Å². The van der Waals surface area contributed by atoms with E-state index in [4.69, 9.17) is 10.9 Å². The van der Waals surface area contributed by atoms with Gasteiger partial charge in [-0.25, -0.2) is 0 Å². The summed E-state index contributed by atoms with van der Waals surface area (Å²) < 4.78 is 0. The minimum Gasteiger partial charge on any atom is -0.409 e. The van der Waals surface area contributed by atoms with Crippen molar-refractivity contribution in [3.8, 4) is 0 Å². The van der Waals surface area contributed by atoms with Gasteiger partial charge in [-0.05, 0) is 38.3 Å². The van der Waals surface area contributed by atoms with E-state index in [2.05, 4.69) is 49.1 Å². The van der Waals surface area contributed by atoms with Crippen LogP contribution in [0.2, 0.25) is 0 Å². The van der Waals surface area contributed by atoms with Crippen LogP contribution >= 0.6 is 0 Å². The van der Waals surface area contributed by atoms with Crippen molar-refractivity contribution in [2.45, 2.75) is 47.0 Å². The predicted molar refractivity (Wildman–Crippen MR) is 90.2 cm³/mol. The normalized spacial score (nSPS) is 12.5. The highest BCUT2D eigenvalue weighted by Crippen LogP contribution is 2.24. The Morgan fingerprint density at radius 3 is 2.52 bits per heavy atom. The van der Waals surface area contributed by atoms with Crippen LogP contribution in [-0.4, -0.2) is 24.6 Å². The van der Waals surface area contributed by atoms with Crippen LogP contribution in [0.3, 0.4) is 0 Å². The summed E-state index contributed by atoms with van der Waals surface area (Å²) in [4.78, 5) is 2.30. The molecule has 0 aliphatic heterocycles. The second kappa shape index (κ2) is 7.34. The molecule has 21 heavy (non-hydrogen) atoms. The van der Waals surface area contributed by atoms with E-state index in [1.807, 2.05) is 13.8 Å². The molecule has 0 heterocycles. The zero-order valence-corrected chi connectivity index (χ0v) is 14.0. The van der Waals surface area contributed by atoms with E-state index in [9.17, 15) is 0 Å². The summed E-state index contributed by atoms with van der Waals surface area (Å²) in [7, 11) is 2.13. The van der Waals surface area contributed by atoms with Crippen molar-refractivity contribution in [1.29, 1.82) is 0 Å². The number of rotatable bonds is 7. The van der Waals surface area contributed by atoms with E-state index in [0.717, 1.165) is 25.8 Å². The molecule has 118 valence electrons. The van der Waals surface area contributed by atoms with E-state index in [-0.39, 0.29) is 5.41 Å². The topological polar surface area (TPSA) is 61.8 Å². The third-order valence-corrected chi connectivity index (χ3v) is 4.11. The standard InChI is InChI=1S/C17H29N3O/c1-13-8-9-15(14(2)12-13)20(5)11-7-6-10-17(3,4)16(18)19-21/h8-9,12,21H,6-7,10-11H2,1-5H3,(H2,18,19). The van der Waals surface area contributed by atoms with Gasteiger partial charge in [-0.15, -0.1) is 0 Å². The smallest absolute Gasteiger partial charge is 0.144 e. The van der Waals surface area contributed by atoms with Gasteiger partial charge in [0.1, 0.15) is 5.84 Å². The van der Waals surface area contributed by atoms with E-state index in [1.54, 1.807) is 0 Å². The predicted octanol–water partition coefficient (Wildman–Crippen LogP) is 3.68. The van der Waals surface area contributed by atoms with Crippen molar-refractivity contribution in [2.75, 3.05) is 18.5 Å². The molecule has 1 aromatic rings. The second-order valence-corrected chi connectivity index (χ2v) is 6.54. The fourth-order valence-corrected chi connectivity index (χ4v) is 2.53. The van der Waals surface area contributed by atoms with E-state index in [0.29, 0.717) is 5.84 Å². The third-order valence-electron chi connectivity index (χ3n) is 4.11. The molecule has 0 saturated carbocycles. The van der Waals surface area contributed by atoms with Crippen LogP contribution in [0.1, 0.15) is 44.2 Å². The quantitative estimate of drug-likeness (QED) is 0.265. The van der Waals surface area contributed by atoms with Gasteiger partial charge >= 0.3 is 0 Å². The monoisotopic (exact) mass is 291 g/mol. The van der Waals surface area contributed by atoms with Crippen molar-refractivity contribution in [2.24, 2.45) is 16.3 Å². The minimum absolute atomic E-state index is 0.243. The molecule has 0 aliphatic rings. The summed E-state index contributed by atoms with van der Waals surface area (Å²) in [6.45, 7) is 9.30. The molecule has 0 amide bonds. The third kappa shape index (κ3) is 4.96. The maximum absolute atomic E-state index is 8.77. The fraction of sp³-hybridized carbons (Fsp3) is 0.588. The molecule has 1 aromatic carbocycles. The number of nitrogens with two attached hydrogens (primary N) is 1. The summed E-state index contributed by atoms with van der Waals surface area (Å²) in [6.07, 6.45) is 3.06. The van der Waals surface area contributed by atoms with Crippen LogP contribution in [0.15, 0.2) is 23.4 Å². The van der Waals surface area contributed by atoms with E-state index in [1.165, 1.54) is 16.8 Å². The molecule has 0 fully saturated rings. The van der Waals surface area contributed by atoms with Crippen LogP contribution in [0.5, 0.6) is 0 Å². The first-order valence-electron chi connectivity index (χ1n) is 7.54. The minimum atomic E-state index is -0.243. The Balaban J connectivity index is 2.46. The Kier molecular flexibility index (Phi) is 6.06. The first kappa shape index (κ1) is 17.3. The average Bonchev–Trinajstić information content (AvgIpc) is 2.42. The molecule has 0 atom stereocenters. The van der Waals surface area contributed by atoms with Crippen molar-refractivity contribution < 1.29 is 5.21 Å². The van der Waals surface area contributed by atoms with Gasteiger partial charge in [0, 0.05) is 24.7 Å². The lowest BCUT2D eigenvalue weighted by Crippen LogP contribution is -2.32. The number of unbranched alkanes of at least 4 members (excludes halogenated alkanes) is 1. The number of aryl methyl sites for hydroxylation is 2. The molecule has 0 aromatic heterocycles. The molecule has 3 N–H and O–H groups in total. The Morgan fingerprint density at radius 2 is 1.95 bits per heavy atom. The molecule has 0 bridgehead atoms. The molecule has 0 spiro atoms. The van der Waals surface area contributed by atoms with Crippen LogP contribution in [0.4, 0.5) is 5.69 Å². The SMILES string of the molecule is Cc1ccc(N(C)CCCCC(C)(C)/C(N)=N/O)c(C)c1. The fourth-order valence-electron chi connectivity index (χ4n) is 2.53. The molecular weight excluding hydrogens is 262 g/mol. The molecule has 1 rings (SSSR count). The zero-order valence-electron chi connectivity index (χ0n) is 14.0. The molecule has 0 radical (unpaired) electrons. The van der Waals surface area contributed by atoms with Gasteiger partial charge in [0.25, 0.3) is 0 Å². The lowest BCUT2D eigenvalue weighted by molar-refractivity contribution is 0.304. The number of hydrogen-bond acceptors (Lipinski definition) is 3. The number of anilines is 1. The highest BCUT2D eigenvalue weighted by Gasteiger charge is 2.22. The molecule has 0 aliphatic carbocycles. The molecule has 4 heteroatoms. The van der Waals surface area contributed by atoms with Gasteiger partial charge in [-0.3, -0.25) is 0 Å². The van der Waals surface area contributed by atoms with Crippen LogP contribution in [-0.2, 0) is 0 Å². The van der Waals surface area contributed by atoms with Crippen molar-refractivity contribution in [1.82, 2.24) is 0 Å². The highest BCUT2D eigenvalue weighted by atomic mass is 16.4. The Labute approximate surface area is 128 Å². The average molecular weight is 291 g/mol. The van der Waals surface area contributed by atoms with Crippen molar-refractivity contribution >= 4 is 11.5 Å². The maximum atomic E-state index is 8.77. The van der Waals surface area contributed by atoms with Crippen LogP contribution in [0.25, 0.3) is 0 Å². The molecule has 4 nitrogen and oxygen atoms in total. The molecule has 0 saturated heterocycles. The van der Waals surface area contributed by atoms with E-state index < -0.39 is 0 Å². The number of benzene rings is 1. The number of oxime groups is 1. The lowest BCUT2D eigenvalue weighted by atomic mass is 9.86. The van der Waals surface area contributed by atoms with Gasteiger partial charge in [-0.1, -0.05) is 43.1 Å². The highest BCUT2D eigenvalue weighted by molar-refractivity contribution is 5.85.